The number of rotatable bonds is 3. The summed E-state index contributed by atoms with van der Waals surface area (Å²) in [6.07, 6.45) is 0.714. The third-order valence-corrected chi connectivity index (χ3v) is 3.45. The van der Waals surface area contributed by atoms with Gasteiger partial charge in [0.25, 0.3) is 0 Å². The summed E-state index contributed by atoms with van der Waals surface area (Å²) < 4.78 is 13.7. The Morgan fingerprint density at radius 3 is 2.70 bits per heavy atom. The zero-order valence-corrected chi connectivity index (χ0v) is 11.5. The molecule has 1 atom stereocenters. The van der Waals surface area contributed by atoms with E-state index in [-0.39, 0.29) is 17.5 Å². The van der Waals surface area contributed by atoms with Crippen molar-refractivity contribution in [1.29, 1.82) is 0 Å². The topological polar surface area (TPSA) is 70.2 Å². The SMILES string of the molecule is CC(=O)Nc1ccc(F)c(NC(=O)C2(C)CCNC2)c1. The normalized spacial score (nSPS) is 21.6. The highest BCUT2D eigenvalue weighted by Crippen LogP contribution is 2.28. The lowest BCUT2D eigenvalue weighted by Gasteiger charge is -2.21. The van der Waals surface area contributed by atoms with Crippen LogP contribution in [0, 0.1) is 11.2 Å². The number of amides is 2. The molecule has 1 aliphatic heterocycles. The zero-order chi connectivity index (χ0) is 14.8. The second kappa shape index (κ2) is 5.58. The molecule has 0 bridgehead atoms. The van der Waals surface area contributed by atoms with Crippen LogP contribution in [-0.2, 0) is 9.59 Å². The minimum absolute atomic E-state index is 0.0781. The molecule has 2 amide bonds. The molecule has 1 heterocycles. The molecule has 0 aromatic heterocycles. The van der Waals surface area contributed by atoms with Gasteiger partial charge in [-0.15, -0.1) is 0 Å². The van der Waals surface area contributed by atoms with Crippen LogP contribution in [0.3, 0.4) is 0 Å². The summed E-state index contributed by atoms with van der Waals surface area (Å²) in [4.78, 5) is 23.2. The molecule has 1 aliphatic rings. The van der Waals surface area contributed by atoms with Crippen LogP contribution in [0.5, 0.6) is 0 Å². The first-order valence-electron chi connectivity index (χ1n) is 6.50. The van der Waals surface area contributed by atoms with Crippen molar-refractivity contribution in [3.8, 4) is 0 Å². The number of hydrogen-bond donors (Lipinski definition) is 3. The van der Waals surface area contributed by atoms with E-state index in [0.717, 1.165) is 6.54 Å². The number of carbonyl (C=O) groups is 2. The van der Waals surface area contributed by atoms with Gasteiger partial charge in [-0.05, 0) is 38.1 Å². The molecule has 20 heavy (non-hydrogen) atoms. The van der Waals surface area contributed by atoms with Crippen LogP contribution in [0.2, 0.25) is 0 Å². The van der Waals surface area contributed by atoms with Crippen molar-refractivity contribution in [1.82, 2.24) is 5.32 Å². The summed E-state index contributed by atoms with van der Waals surface area (Å²) in [6, 6.07) is 4.09. The van der Waals surface area contributed by atoms with E-state index in [1.807, 2.05) is 6.92 Å². The van der Waals surface area contributed by atoms with Gasteiger partial charge in [0, 0.05) is 19.2 Å². The van der Waals surface area contributed by atoms with Gasteiger partial charge in [-0.3, -0.25) is 9.59 Å². The fourth-order valence-electron chi connectivity index (χ4n) is 2.19. The molecular weight excluding hydrogens is 261 g/mol. The Hall–Kier alpha value is -1.95. The molecule has 1 saturated heterocycles. The molecule has 2 rings (SSSR count). The smallest absolute Gasteiger partial charge is 0.231 e. The first-order valence-corrected chi connectivity index (χ1v) is 6.50. The molecule has 0 aliphatic carbocycles. The van der Waals surface area contributed by atoms with Gasteiger partial charge in [0.1, 0.15) is 5.82 Å². The van der Waals surface area contributed by atoms with Crippen LogP contribution in [0.25, 0.3) is 0 Å². The molecule has 108 valence electrons. The molecule has 0 radical (unpaired) electrons. The fourth-order valence-corrected chi connectivity index (χ4v) is 2.19. The fraction of sp³-hybridized carbons (Fsp3) is 0.429. The largest absolute Gasteiger partial charge is 0.326 e. The summed E-state index contributed by atoms with van der Waals surface area (Å²) in [5, 5.41) is 8.28. The van der Waals surface area contributed by atoms with Crippen LogP contribution < -0.4 is 16.0 Å². The van der Waals surface area contributed by atoms with Crippen molar-refractivity contribution in [3.63, 3.8) is 0 Å². The third kappa shape index (κ3) is 3.14. The summed E-state index contributed by atoms with van der Waals surface area (Å²) in [6.45, 7) is 4.56. The van der Waals surface area contributed by atoms with Crippen molar-refractivity contribution in [2.75, 3.05) is 23.7 Å². The Labute approximate surface area is 116 Å². The molecule has 5 nitrogen and oxygen atoms in total. The van der Waals surface area contributed by atoms with Crippen LogP contribution in [0.4, 0.5) is 15.8 Å². The molecule has 1 aromatic rings. The van der Waals surface area contributed by atoms with Crippen molar-refractivity contribution >= 4 is 23.2 Å². The van der Waals surface area contributed by atoms with Crippen molar-refractivity contribution in [3.05, 3.63) is 24.0 Å². The second-order valence-electron chi connectivity index (χ2n) is 5.32. The molecule has 1 unspecified atom stereocenters. The average molecular weight is 279 g/mol. The minimum Gasteiger partial charge on any atom is -0.326 e. The number of nitrogens with one attached hydrogen (secondary N) is 3. The Balaban J connectivity index is 2.15. The summed E-state index contributed by atoms with van der Waals surface area (Å²) in [7, 11) is 0. The van der Waals surface area contributed by atoms with Crippen LogP contribution in [0.1, 0.15) is 20.3 Å². The van der Waals surface area contributed by atoms with Crippen LogP contribution in [0.15, 0.2) is 18.2 Å². The van der Waals surface area contributed by atoms with E-state index in [4.69, 9.17) is 0 Å². The quantitative estimate of drug-likeness (QED) is 0.789. The molecular formula is C14H18FN3O2. The molecule has 1 aromatic carbocycles. The third-order valence-electron chi connectivity index (χ3n) is 3.45. The van der Waals surface area contributed by atoms with E-state index in [1.54, 1.807) is 0 Å². The number of carbonyl (C=O) groups excluding carboxylic acids is 2. The molecule has 0 saturated carbocycles. The van der Waals surface area contributed by atoms with Gasteiger partial charge in [0.05, 0.1) is 11.1 Å². The highest BCUT2D eigenvalue weighted by atomic mass is 19.1. The van der Waals surface area contributed by atoms with E-state index >= 15 is 0 Å². The Morgan fingerprint density at radius 2 is 2.10 bits per heavy atom. The Morgan fingerprint density at radius 1 is 1.35 bits per heavy atom. The van der Waals surface area contributed by atoms with E-state index in [1.165, 1.54) is 25.1 Å². The van der Waals surface area contributed by atoms with E-state index in [0.29, 0.717) is 18.7 Å². The van der Waals surface area contributed by atoms with Gasteiger partial charge >= 0.3 is 0 Å². The lowest BCUT2D eigenvalue weighted by molar-refractivity contribution is -0.123. The second-order valence-corrected chi connectivity index (χ2v) is 5.32. The Bertz CT molecular complexity index is 539. The first-order chi connectivity index (χ1) is 9.40. The molecule has 1 fully saturated rings. The van der Waals surface area contributed by atoms with Crippen LogP contribution in [-0.4, -0.2) is 24.9 Å². The maximum atomic E-state index is 13.7. The zero-order valence-electron chi connectivity index (χ0n) is 11.5. The van der Waals surface area contributed by atoms with Gasteiger partial charge in [-0.2, -0.15) is 0 Å². The predicted molar refractivity (Wildman–Crippen MR) is 74.9 cm³/mol. The summed E-state index contributed by atoms with van der Waals surface area (Å²) in [5.41, 5.74) is -0.00512. The monoisotopic (exact) mass is 279 g/mol. The van der Waals surface area contributed by atoms with Crippen molar-refractivity contribution in [2.45, 2.75) is 20.3 Å². The Kier molecular flexibility index (Phi) is 4.04. The number of halogens is 1. The maximum Gasteiger partial charge on any atom is 0.231 e. The maximum absolute atomic E-state index is 13.7. The van der Waals surface area contributed by atoms with E-state index < -0.39 is 11.2 Å². The van der Waals surface area contributed by atoms with E-state index in [9.17, 15) is 14.0 Å². The molecule has 0 spiro atoms. The summed E-state index contributed by atoms with van der Waals surface area (Å²) >= 11 is 0. The highest BCUT2D eigenvalue weighted by molar-refractivity contribution is 5.96. The van der Waals surface area contributed by atoms with E-state index in [2.05, 4.69) is 16.0 Å². The lowest BCUT2D eigenvalue weighted by Crippen LogP contribution is -2.35. The van der Waals surface area contributed by atoms with Gasteiger partial charge in [0.2, 0.25) is 11.8 Å². The van der Waals surface area contributed by atoms with Crippen molar-refractivity contribution < 1.29 is 14.0 Å². The highest BCUT2D eigenvalue weighted by Gasteiger charge is 2.36. The average Bonchev–Trinajstić information content (AvgIpc) is 2.81. The number of hydrogen-bond acceptors (Lipinski definition) is 3. The predicted octanol–water partition coefficient (Wildman–Crippen LogP) is 1.72. The minimum atomic E-state index is -0.531. The van der Waals surface area contributed by atoms with Crippen molar-refractivity contribution in [2.24, 2.45) is 5.41 Å². The van der Waals surface area contributed by atoms with Gasteiger partial charge in [-0.1, -0.05) is 0 Å². The van der Waals surface area contributed by atoms with Gasteiger partial charge in [0.15, 0.2) is 0 Å². The number of anilines is 2. The van der Waals surface area contributed by atoms with Gasteiger partial charge in [-0.25, -0.2) is 4.39 Å². The molecule has 3 N–H and O–H groups in total. The first kappa shape index (κ1) is 14.5. The van der Waals surface area contributed by atoms with Crippen LogP contribution >= 0.6 is 0 Å². The standard InChI is InChI=1S/C14H18FN3O2/c1-9(19)17-10-3-4-11(15)12(7-10)18-13(20)14(2)5-6-16-8-14/h3-4,7,16H,5-6,8H2,1-2H3,(H,17,19)(H,18,20). The lowest BCUT2D eigenvalue weighted by atomic mass is 9.88. The number of benzene rings is 1. The summed E-state index contributed by atoms with van der Waals surface area (Å²) in [5.74, 6) is -0.996. The molecule has 6 heteroatoms. The van der Waals surface area contributed by atoms with Gasteiger partial charge < -0.3 is 16.0 Å².